The lowest BCUT2D eigenvalue weighted by atomic mass is 10.0. The van der Waals surface area contributed by atoms with Crippen molar-refractivity contribution < 1.29 is 28.6 Å². The number of carbonyl (C=O) groups excluding carboxylic acids is 2. The SMILES string of the molecule is Cc1ccc(-c2ccc(C(=O)NC(Cc3ccc(-c4ccn(-c5ccc(NC(=O)OC(C)(C)C)cc5)n4)cc3)C(=O)O)o2)cc1. The summed E-state index contributed by atoms with van der Waals surface area (Å²) in [7, 11) is 0. The van der Waals surface area contributed by atoms with E-state index in [2.05, 4.69) is 15.7 Å². The number of carboxylic acid groups (broad SMARTS) is 1. The topological polar surface area (TPSA) is 136 Å². The Morgan fingerprint density at radius 1 is 0.889 bits per heavy atom. The molecule has 45 heavy (non-hydrogen) atoms. The Morgan fingerprint density at radius 3 is 2.20 bits per heavy atom. The molecule has 10 nitrogen and oxygen atoms in total. The molecule has 0 spiro atoms. The Balaban J connectivity index is 1.20. The monoisotopic (exact) mass is 606 g/mol. The zero-order chi connectivity index (χ0) is 32.1. The van der Waals surface area contributed by atoms with E-state index < -0.39 is 29.6 Å². The lowest BCUT2D eigenvalue weighted by Crippen LogP contribution is -2.42. The second kappa shape index (κ2) is 12.9. The summed E-state index contributed by atoms with van der Waals surface area (Å²) in [5, 5.41) is 19.7. The summed E-state index contributed by atoms with van der Waals surface area (Å²) in [5.41, 5.74) is 5.04. The lowest BCUT2D eigenvalue weighted by molar-refractivity contribution is -0.139. The highest BCUT2D eigenvalue weighted by Gasteiger charge is 2.23. The molecule has 0 aliphatic rings. The van der Waals surface area contributed by atoms with Gasteiger partial charge in [-0.25, -0.2) is 14.3 Å². The molecule has 0 saturated heterocycles. The van der Waals surface area contributed by atoms with E-state index in [1.807, 2.05) is 79.9 Å². The van der Waals surface area contributed by atoms with Gasteiger partial charge in [-0.2, -0.15) is 5.10 Å². The second-order valence-electron chi connectivity index (χ2n) is 11.6. The van der Waals surface area contributed by atoms with Gasteiger partial charge in [0.15, 0.2) is 5.76 Å². The molecular formula is C35H34N4O6. The first-order chi connectivity index (χ1) is 21.4. The minimum atomic E-state index is -1.15. The van der Waals surface area contributed by atoms with E-state index in [1.54, 1.807) is 43.7 Å². The summed E-state index contributed by atoms with van der Waals surface area (Å²) in [6.45, 7) is 7.39. The van der Waals surface area contributed by atoms with Crippen LogP contribution in [0.25, 0.3) is 28.3 Å². The standard InChI is InChI=1S/C35H34N4O6/c1-22-5-9-25(10-6-22)30-17-18-31(44-30)32(40)37-29(33(41)42)21-23-7-11-24(12-8-23)28-19-20-39(38-28)27-15-13-26(14-16-27)36-34(43)45-35(2,3)4/h5-20,29H,21H2,1-4H3,(H,36,43)(H,37,40)(H,41,42). The third kappa shape index (κ3) is 8.05. The molecule has 0 aliphatic carbocycles. The fraction of sp³-hybridized carbons (Fsp3) is 0.200. The van der Waals surface area contributed by atoms with Crippen molar-refractivity contribution in [1.82, 2.24) is 15.1 Å². The number of carboxylic acids is 1. The highest BCUT2D eigenvalue weighted by molar-refractivity contribution is 5.95. The number of rotatable bonds is 9. The van der Waals surface area contributed by atoms with Gasteiger partial charge in [0.05, 0.1) is 11.4 Å². The van der Waals surface area contributed by atoms with Crippen LogP contribution in [0.1, 0.15) is 42.5 Å². The van der Waals surface area contributed by atoms with Gasteiger partial charge in [-0.15, -0.1) is 0 Å². The van der Waals surface area contributed by atoms with Crippen LogP contribution in [0.3, 0.4) is 0 Å². The molecule has 10 heteroatoms. The Labute approximate surface area is 260 Å². The predicted molar refractivity (Wildman–Crippen MR) is 170 cm³/mol. The van der Waals surface area contributed by atoms with Crippen LogP contribution < -0.4 is 10.6 Å². The number of hydrogen-bond acceptors (Lipinski definition) is 6. The van der Waals surface area contributed by atoms with Crippen LogP contribution in [0, 0.1) is 6.92 Å². The van der Waals surface area contributed by atoms with Crippen molar-refractivity contribution in [3.05, 3.63) is 114 Å². The molecule has 2 heterocycles. The summed E-state index contributed by atoms with van der Waals surface area (Å²) in [4.78, 5) is 36.8. The largest absolute Gasteiger partial charge is 0.480 e. The van der Waals surface area contributed by atoms with Crippen LogP contribution in [0.15, 0.2) is 102 Å². The molecule has 2 amide bonds. The van der Waals surface area contributed by atoms with Gasteiger partial charge in [0.1, 0.15) is 17.4 Å². The number of ether oxygens (including phenoxy) is 1. The molecular weight excluding hydrogens is 572 g/mol. The van der Waals surface area contributed by atoms with E-state index in [0.29, 0.717) is 11.4 Å². The zero-order valence-electron chi connectivity index (χ0n) is 25.4. The maximum absolute atomic E-state index is 12.8. The van der Waals surface area contributed by atoms with Crippen molar-refractivity contribution in [3.8, 4) is 28.3 Å². The first kappa shape index (κ1) is 30.8. The number of aryl methyl sites for hydroxylation is 1. The van der Waals surface area contributed by atoms with E-state index in [-0.39, 0.29) is 12.2 Å². The molecule has 5 rings (SSSR count). The van der Waals surface area contributed by atoms with Crippen molar-refractivity contribution in [2.24, 2.45) is 0 Å². The van der Waals surface area contributed by atoms with E-state index in [4.69, 9.17) is 9.15 Å². The molecule has 0 aliphatic heterocycles. The summed E-state index contributed by atoms with van der Waals surface area (Å²) in [6.07, 6.45) is 1.39. The van der Waals surface area contributed by atoms with Crippen LogP contribution in [0.5, 0.6) is 0 Å². The number of furan rings is 1. The van der Waals surface area contributed by atoms with Crippen LogP contribution in [-0.4, -0.2) is 44.5 Å². The fourth-order valence-corrected chi connectivity index (χ4v) is 4.55. The smallest absolute Gasteiger partial charge is 0.412 e. The number of amides is 2. The first-order valence-electron chi connectivity index (χ1n) is 14.4. The molecule has 1 unspecified atom stereocenters. The number of nitrogens with one attached hydrogen (secondary N) is 2. The fourth-order valence-electron chi connectivity index (χ4n) is 4.55. The molecule has 5 aromatic rings. The average molecular weight is 607 g/mol. The van der Waals surface area contributed by atoms with E-state index in [1.165, 1.54) is 6.07 Å². The molecule has 0 radical (unpaired) electrons. The van der Waals surface area contributed by atoms with Crippen molar-refractivity contribution in [3.63, 3.8) is 0 Å². The van der Waals surface area contributed by atoms with Crippen LogP contribution in [0.4, 0.5) is 10.5 Å². The molecule has 3 aromatic carbocycles. The summed E-state index contributed by atoms with van der Waals surface area (Å²) in [5.74, 6) is -1.19. The first-order valence-corrected chi connectivity index (χ1v) is 14.4. The molecule has 3 N–H and O–H groups in total. The number of carbonyl (C=O) groups is 3. The Kier molecular flexibility index (Phi) is 8.85. The minimum absolute atomic E-state index is 0.0386. The third-order valence-electron chi connectivity index (χ3n) is 6.83. The molecule has 0 saturated carbocycles. The highest BCUT2D eigenvalue weighted by Crippen LogP contribution is 2.24. The van der Waals surface area contributed by atoms with E-state index in [9.17, 15) is 19.5 Å². The van der Waals surface area contributed by atoms with Crippen molar-refractivity contribution in [2.75, 3.05) is 5.32 Å². The third-order valence-corrected chi connectivity index (χ3v) is 6.83. The molecule has 230 valence electrons. The highest BCUT2D eigenvalue weighted by atomic mass is 16.6. The van der Waals surface area contributed by atoms with Gasteiger partial charge in [-0.1, -0.05) is 54.1 Å². The Morgan fingerprint density at radius 2 is 1.56 bits per heavy atom. The van der Waals surface area contributed by atoms with Gasteiger partial charge >= 0.3 is 12.1 Å². The average Bonchev–Trinajstić information content (AvgIpc) is 3.68. The normalized spacial score (nSPS) is 11.9. The molecule has 0 bridgehead atoms. The van der Waals surface area contributed by atoms with Crippen molar-refractivity contribution in [2.45, 2.75) is 45.8 Å². The van der Waals surface area contributed by atoms with Crippen LogP contribution >= 0.6 is 0 Å². The maximum Gasteiger partial charge on any atom is 0.412 e. The van der Waals surface area contributed by atoms with Crippen LogP contribution in [0.2, 0.25) is 0 Å². The van der Waals surface area contributed by atoms with Gasteiger partial charge in [0.25, 0.3) is 5.91 Å². The maximum atomic E-state index is 12.8. The summed E-state index contributed by atoms with van der Waals surface area (Å²) in [6, 6.07) is 26.2. The zero-order valence-corrected chi connectivity index (χ0v) is 25.4. The van der Waals surface area contributed by atoms with Gasteiger partial charge in [-0.05, 0) is 75.7 Å². The van der Waals surface area contributed by atoms with Gasteiger partial charge in [0.2, 0.25) is 0 Å². The van der Waals surface area contributed by atoms with Crippen molar-refractivity contribution in [1.29, 1.82) is 0 Å². The molecule has 1 atom stereocenters. The number of benzene rings is 3. The lowest BCUT2D eigenvalue weighted by Gasteiger charge is -2.19. The number of aromatic nitrogens is 2. The minimum Gasteiger partial charge on any atom is -0.480 e. The van der Waals surface area contributed by atoms with Crippen LogP contribution in [-0.2, 0) is 16.0 Å². The number of nitrogens with zero attached hydrogens (tertiary/aromatic N) is 2. The van der Waals surface area contributed by atoms with E-state index >= 15 is 0 Å². The Hall–Kier alpha value is -5.64. The van der Waals surface area contributed by atoms with Gasteiger partial charge < -0.3 is 19.6 Å². The Bertz CT molecular complexity index is 1800. The second-order valence-corrected chi connectivity index (χ2v) is 11.6. The number of hydrogen-bond donors (Lipinski definition) is 3. The van der Waals surface area contributed by atoms with Gasteiger partial charge in [0, 0.05) is 29.4 Å². The molecule has 2 aromatic heterocycles. The van der Waals surface area contributed by atoms with Crippen molar-refractivity contribution >= 4 is 23.7 Å². The van der Waals surface area contributed by atoms with E-state index in [0.717, 1.165) is 33.6 Å². The quantitative estimate of drug-likeness (QED) is 0.166. The summed E-state index contributed by atoms with van der Waals surface area (Å²) < 4.78 is 12.7. The summed E-state index contributed by atoms with van der Waals surface area (Å²) >= 11 is 0. The van der Waals surface area contributed by atoms with Gasteiger partial charge in [-0.3, -0.25) is 10.1 Å². The molecule has 0 fully saturated rings. The predicted octanol–water partition coefficient (Wildman–Crippen LogP) is 6.88. The number of aliphatic carboxylic acids is 1. The number of anilines is 1.